The van der Waals surface area contributed by atoms with Gasteiger partial charge in [-0.3, -0.25) is 4.79 Å². The lowest BCUT2D eigenvalue weighted by molar-refractivity contribution is 0.0672. The lowest BCUT2D eigenvalue weighted by atomic mass is 10.0. The first-order valence-electron chi connectivity index (χ1n) is 9.38. The van der Waals surface area contributed by atoms with Gasteiger partial charge in [0.2, 0.25) is 0 Å². The maximum absolute atomic E-state index is 12.7. The van der Waals surface area contributed by atoms with Crippen molar-refractivity contribution in [1.29, 1.82) is 0 Å². The number of nitrogens with zero attached hydrogens (tertiary/aromatic N) is 6. The number of carbonyl (C=O) groups is 1. The number of benzene rings is 1. The first-order chi connectivity index (χ1) is 13.3. The molecule has 5 rings (SSSR count). The Morgan fingerprint density at radius 2 is 2.00 bits per heavy atom. The second-order valence-electron chi connectivity index (χ2n) is 7.23. The minimum absolute atomic E-state index is 0.0617. The minimum atomic E-state index is 0.0617. The van der Waals surface area contributed by atoms with E-state index in [9.17, 15) is 4.79 Å². The zero-order chi connectivity index (χ0) is 18.2. The molecule has 8 nitrogen and oxygen atoms in total. The van der Waals surface area contributed by atoms with Gasteiger partial charge < -0.3 is 9.42 Å². The fraction of sp³-hybridized carbons (Fsp3) is 0.421. The Labute approximate surface area is 156 Å². The van der Waals surface area contributed by atoms with Gasteiger partial charge in [-0.1, -0.05) is 28.6 Å². The number of carbonyl (C=O) groups excluding carboxylic acids is 1. The first-order valence-corrected chi connectivity index (χ1v) is 9.38. The van der Waals surface area contributed by atoms with Crippen LogP contribution < -0.4 is 0 Å². The molecular formula is C19H20N6O2. The summed E-state index contributed by atoms with van der Waals surface area (Å²) in [5.41, 5.74) is 1.30. The Morgan fingerprint density at radius 3 is 2.81 bits per heavy atom. The molecule has 0 spiro atoms. The van der Waals surface area contributed by atoms with Crippen LogP contribution in [0.5, 0.6) is 0 Å². The van der Waals surface area contributed by atoms with Gasteiger partial charge in [-0.2, -0.15) is 4.98 Å². The van der Waals surface area contributed by atoms with Gasteiger partial charge in [0, 0.05) is 24.6 Å². The van der Waals surface area contributed by atoms with E-state index in [1.165, 1.54) is 0 Å². The van der Waals surface area contributed by atoms with Crippen LogP contribution in [0, 0.1) is 0 Å². The summed E-state index contributed by atoms with van der Waals surface area (Å²) in [5, 5.41) is 12.5. The number of piperidine rings is 1. The Balaban J connectivity index is 1.31. The SMILES string of the molecule is O=C(c1ccccc1)N1CCCC(n2cc(-c3nc(C4CC4)no3)nn2)C1. The molecule has 1 aliphatic carbocycles. The number of rotatable bonds is 4. The average Bonchev–Trinajstić information content (AvgIpc) is 3.25. The molecule has 1 amide bonds. The zero-order valence-electron chi connectivity index (χ0n) is 14.9. The van der Waals surface area contributed by atoms with Gasteiger partial charge in [-0.15, -0.1) is 5.10 Å². The molecule has 0 radical (unpaired) electrons. The van der Waals surface area contributed by atoms with Crippen molar-refractivity contribution in [2.24, 2.45) is 0 Å². The van der Waals surface area contributed by atoms with Crippen LogP contribution in [0.15, 0.2) is 41.1 Å². The lowest BCUT2D eigenvalue weighted by Gasteiger charge is -2.32. The number of hydrogen-bond donors (Lipinski definition) is 0. The topological polar surface area (TPSA) is 89.9 Å². The minimum Gasteiger partial charge on any atom is -0.337 e. The predicted molar refractivity (Wildman–Crippen MR) is 95.9 cm³/mol. The summed E-state index contributed by atoms with van der Waals surface area (Å²) < 4.78 is 7.15. The molecule has 1 aliphatic heterocycles. The van der Waals surface area contributed by atoms with E-state index in [-0.39, 0.29) is 11.9 Å². The van der Waals surface area contributed by atoms with Gasteiger partial charge in [0.15, 0.2) is 11.5 Å². The first kappa shape index (κ1) is 16.2. The van der Waals surface area contributed by atoms with Crippen LogP contribution in [-0.2, 0) is 0 Å². The van der Waals surface area contributed by atoms with Crippen LogP contribution >= 0.6 is 0 Å². The number of amides is 1. The number of hydrogen-bond acceptors (Lipinski definition) is 6. The normalized spacial score (nSPS) is 20.0. The number of likely N-dealkylation sites (tertiary alicyclic amines) is 1. The quantitative estimate of drug-likeness (QED) is 0.707. The molecule has 3 heterocycles. The van der Waals surface area contributed by atoms with Crippen LogP contribution in [0.4, 0.5) is 0 Å². The van der Waals surface area contributed by atoms with Crippen molar-refractivity contribution >= 4 is 5.91 Å². The Hall–Kier alpha value is -3.03. The fourth-order valence-corrected chi connectivity index (χ4v) is 3.52. The maximum Gasteiger partial charge on any atom is 0.280 e. The molecule has 2 aliphatic rings. The molecular weight excluding hydrogens is 344 g/mol. The molecule has 2 aromatic heterocycles. The van der Waals surface area contributed by atoms with Gasteiger partial charge in [0.1, 0.15) is 0 Å². The molecule has 1 aromatic carbocycles. The van der Waals surface area contributed by atoms with Crippen molar-refractivity contribution in [3.63, 3.8) is 0 Å². The van der Waals surface area contributed by atoms with E-state index in [1.54, 1.807) is 0 Å². The highest BCUT2D eigenvalue weighted by Crippen LogP contribution is 2.38. The van der Waals surface area contributed by atoms with Crippen molar-refractivity contribution in [2.45, 2.75) is 37.6 Å². The van der Waals surface area contributed by atoms with E-state index < -0.39 is 0 Å². The third kappa shape index (κ3) is 3.22. The molecule has 0 bridgehead atoms. The summed E-state index contributed by atoms with van der Waals surface area (Å²) in [6.07, 6.45) is 5.98. The van der Waals surface area contributed by atoms with Crippen LogP contribution in [0.2, 0.25) is 0 Å². The molecule has 1 saturated heterocycles. The van der Waals surface area contributed by atoms with Gasteiger partial charge in [0.05, 0.1) is 12.2 Å². The lowest BCUT2D eigenvalue weighted by Crippen LogP contribution is -2.40. The number of aromatic nitrogens is 5. The highest BCUT2D eigenvalue weighted by atomic mass is 16.5. The fourth-order valence-electron chi connectivity index (χ4n) is 3.52. The van der Waals surface area contributed by atoms with Crippen molar-refractivity contribution in [2.75, 3.05) is 13.1 Å². The molecule has 1 saturated carbocycles. The van der Waals surface area contributed by atoms with E-state index in [0.717, 1.165) is 43.6 Å². The summed E-state index contributed by atoms with van der Waals surface area (Å²) in [6, 6.07) is 9.49. The van der Waals surface area contributed by atoms with Gasteiger partial charge in [-0.05, 0) is 37.8 Å². The Bertz CT molecular complexity index is 946. The third-order valence-electron chi connectivity index (χ3n) is 5.19. The van der Waals surface area contributed by atoms with E-state index in [4.69, 9.17) is 4.52 Å². The Kier molecular flexibility index (Phi) is 3.95. The zero-order valence-corrected chi connectivity index (χ0v) is 14.9. The smallest absolute Gasteiger partial charge is 0.280 e. The second-order valence-corrected chi connectivity index (χ2v) is 7.23. The molecule has 27 heavy (non-hydrogen) atoms. The molecule has 2 fully saturated rings. The molecule has 8 heteroatoms. The average molecular weight is 364 g/mol. The van der Waals surface area contributed by atoms with Crippen molar-refractivity contribution in [3.05, 3.63) is 47.9 Å². The summed E-state index contributed by atoms with van der Waals surface area (Å²) in [7, 11) is 0. The molecule has 1 atom stereocenters. The Morgan fingerprint density at radius 1 is 1.15 bits per heavy atom. The summed E-state index contributed by atoms with van der Waals surface area (Å²) in [5.74, 6) is 1.67. The predicted octanol–water partition coefficient (Wildman–Crippen LogP) is 2.68. The summed E-state index contributed by atoms with van der Waals surface area (Å²) in [4.78, 5) is 19.0. The third-order valence-corrected chi connectivity index (χ3v) is 5.19. The highest BCUT2D eigenvalue weighted by Gasteiger charge is 2.30. The van der Waals surface area contributed by atoms with Crippen LogP contribution in [0.1, 0.15) is 53.8 Å². The van der Waals surface area contributed by atoms with E-state index >= 15 is 0 Å². The highest BCUT2D eigenvalue weighted by molar-refractivity contribution is 5.94. The standard InChI is InChI=1S/C19H20N6O2/c26-19(14-5-2-1-3-6-14)24-10-4-7-15(11-24)25-12-16(21-23-25)18-20-17(22-27-18)13-8-9-13/h1-3,5-6,12-13,15H,4,7-11H2. The van der Waals surface area contributed by atoms with Crippen molar-refractivity contribution in [3.8, 4) is 11.6 Å². The van der Waals surface area contributed by atoms with Crippen molar-refractivity contribution in [1.82, 2.24) is 30.0 Å². The van der Waals surface area contributed by atoms with E-state index in [0.29, 0.717) is 24.0 Å². The van der Waals surface area contributed by atoms with Crippen molar-refractivity contribution < 1.29 is 9.32 Å². The van der Waals surface area contributed by atoms with Gasteiger partial charge >= 0.3 is 0 Å². The van der Waals surface area contributed by atoms with E-state index in [1.807, 2.05) is 46.1 Å². The molecule has 3 aromatic rings. The van der Waals surface area contributed by atoms with Crippen LogP contribution in [0.3, 0.4) is 0 Å². The summed E-state index contributed by atoms with van der Waals surface area (Å²) >= 11 is 0. The molecule has 0 N–H and O–H groups in total. The van der Waals surface area contributed by atoms with E-state index in [2.05, 4.69) is 20.5 Å². The monoisotopic (exact) mass is 364 g/mol. The largest absolute Gasteiger partial charge is 0.337 e. The summed E-state index contributed by atoms with van der Waals surface area (Å²) in [6.45, 7) is 1.38. The van der Waals surface area contributed by atoms with Gasteiger partial charge in [0.25, 0.3) is 11.8 Å². The maximum atomic E-state index is 12.7. The van der Waals surface area contributed by atoms with Crippen LogP contribution in [-0.4, -0.2) is 49.0 Å². The van der Waals surface area contributed by atoms with Gasteiger partial charge in [-0.25, -0.2) is 4.68 Å². The van der Waals surface area contributed by atoms with Crippen LogP contribution in [0.25, 0.3) is 11.6 Å². The second kappa shape index (κ2) is 6.61. The molecule has 1 unspecified atom stereocenters. The molecule has 138 valence electrons.